The minimum Gasteiger partial charge on any atom is -0.488 e. The molecule has 0 unspecified atom stereocenters. The van der Waals surface area contributed by atoms with Crippen LogP contribution in [0.15, 0.2) is 60.0 Å². The highest BCUT2D eigenvalue weighted by molar-refractivity contribution is 7.10. The highest BCUT2D eigenvalue weighted by atomic mass is 35.5. The molecule has 3 aromatic rings. The molecule has 2 amide bonds. The summed E-state index contributed by atoms with van der Waals surface area (Å²) in [5.41, 5.74) is 1.47. The van der Waals surface area contributed by atoms with Crippen molar-refractivity contribution in [2.45, 2.75) is 32.7 Å². The number of hydrogen-bond acceptors (Lipinski definition) is 4. The number of benzene rings is 2. The van der Waals surface area contributed by atoms with Gasteiger partial charge in [-0.05, 0) is 59.7 Å². The number of para-hydroxylation sites is 1. The highest BCUT2D eigenvalue weighted by Crippen LogP contribution is 2.34. The first kappa shape index (κ1) is 26.2. The first-order chi connectivity index (χ1) is 17.4. The maximum absolute atomic E-state index is 14.2. The summed E-state index contributed by atoms with van der Waals surface area (Å²) >= 11 is 7.77. The van der Waals surface area contributed by atoms with Gasteiger partial charge in [0, 0.05) is 28.6 Å². The van der Waals surface area contributed by atoms with E-state index < -0.39 is 5.82 Å². The standard InChI is InChI=1S/C28H30ClFN2O3S/c1-3-19(2)16-31(28(34)20-7-6-8-21(29)15-20)17-27(33)32-13-11-26-22(12-14-36-26)24(32)18-35-25-10-5-4-9-23(25)30/h4-10,12,14-15,19,24H,3,11,13,16-18H2,1-2H3/t19-,24+/m0/s1. The summed E-state index contributed by atoms with van der Waals surface area (Å²) in [6.07, 6.45) is 1.62. The molecule has 190 valence electrons. The zero-order valence-corrected chi connectivity index (χ0v) is 22.0. The predicted octanol–water partition coefficient (Wildman–Crippen LogP) is 6.23. The molecule has 0 saturated heterocycles. The van der Waals surface area contributed by atoms with Gasteiger partial charge in [-0.1, -0.05) is 50.1 Å². The molecule has 2 heterocycles. The average molecular weight is 529 g/mol. The molecule has 5 nitrogen and oxygen atoms in total. The lowest BCUT2D eigenvalue weighted by atomic mass is 10.00. The summed E-state index contributed by atoms with van der Waals surface area (Å²) in [6, 6.07) is 14.7. The Morgan fingerprint density at radius 3 is 2.78 bits per heavy atom. The van der Waals surface area contributed by atoms with Crippen LogP contribution >= 0.6 is 22.9 Å². The van der Waals surface area contributed by atoms with Crippen LogP contribution in [-0.2, 0) is 11.2 Å². The predicted molar refractivity (Wildman–Crippen MR) is 141 cm³/mol. The summed E-state index contributed by atoms with van der Waals surface area (Å²) in [6.45, 7) is 5.18. The number of fused-ring (bicyclic) bond motifs is 1. The van der Waals surface area contributed by atoms with Gasteiger partial charge in [0.2, 0.25) is 5.91 Å². The Labute approximate surface area is 220 Å². The van der Waals surface area contributed by atoms with Crippen LogP contribution in [0, 0.1) is 11.7 Å². The summed E-state index contributed by atoms with van der Waals surface area (Å²) in [4.78, 5) is 31.6. The van der Waals surface area contributed by atoms with Crippen molar-refractivity contribution in [3.8, 4) is 5.75 Å². The van der Waals surface area contributed by atoms with Gasteiger partial charge in [0.05, 0.1) is 6.04 Å². The largest absolute Gasteiger partial charge is 0.488 e. The fourth-order valence-corrected chi connectivity index (χ4v) is 5.51. The van der Waals surface area contributed by atoms with E-state index in [0.29, 0.717) is 23.7 Å². The Balaban J connectivity index is 1.55. The molecule has 4 rings (SSSR count). The Hall–Kier alpha value is -2.90. The molecule has 0 fully saturated rings. The molecule has 2 aromatic carbocycles. The van der Waals surface area contributed by atoms with Crippen LogP contribution in [0.2, 0.25) is 5.02 Å². The molecule has 36 heavy (non-hydrogen) atoms. The number of hydrogen-bond donors (Lipinski definition) is 0. The van der Waals surface area contributed by atoms with Crippen molar-refractivity contribution in [3.63, 3.8) is 0 Å². The van der Waals surface area contributed by atoms with E-state index in [1.54, 1.807) is 63.6 Å². The van der Waals surface area contributed by atoms with Gasteiger partial charge in [-0.15, -0.1) is 11.3 Å². The third kappa shape index (κ3) is 6.08. The fourth-order valence-electron chi connectivity index (χ4n) is 4.39. The molecule has 1 aromatic heterocycles. The van der Waals surface area contributed by atoms with Gasteiger partial charge >= 0.3 is 0 Å². The Bertz CT molecular complexity index is 1220. The second-order valence-electron chi connectivity index (χ2n) is 9.10. The first-order valence-corrected chi connectivity index (χ1v) is 13.4. The van der Waals surface area contributed by atoms with Crippen molar-refractivity contribution in [2.24, 2.45) is 5.92 Å². The van der Waals surface area contributed by atoms with Crippen molar-refractivity contribution < 1.29 is 18.7 Å². The minimum absolute atomic E-state index is 0.0502. The molecular formula is C28H30ClFN2O3S. The lowest BCUT2D eigenvalue weighted by Crippen LogP contribution is -2.48. The van der Waals surface area contributed by atoms with Crippen LogP contribution in [0.5, 0.6) is 5.75 Å². The number of nitrogens with zero attached hydrogens (tertiary/aromatic N) is 2. The zero-order valence-electron chi connectivity index (χ0n) is 20.5. The smallest absolute Gasteiger partial charge is 0.254 e. The lowest BCUT2D eigenvalue weighted by Gasteiger charge is -2.37. The van der Waals surface area contributed by atoms with E-state index in [2.05, 4.69) is 13.8 Å². The molecule has 0 N–H and O–H groups in total. The molecule has 0 spiro atoms. The van der Waals surface area contributed by atoms with E-state index >= 15 is 0 Å². The molecule has 2 atom stereocenters. The van der Waals surface area contributed by atoms with Gasteiger partial charge in [-0.2, -0.15) is 0 Å². The maximum atomic E-state index is 14.2. The second-order valence-corrected chi connectivity index (χ2v) is 10.5. The van der Waals surface area contributed by atoms with Gasteiger partial charge in [-0.25, -0.2) is 4.39 Å². The number of rotatable bonds is 9. The van der Waals surface area contributed by atoms with Crippen molar-refractivity contribution >= 4 is 34.8 Å². The minimum atomic E-state index is -0.441. The van der Waals surface area contributed by atoms with Crippen molar-refractivity contribution in [3.05, 3.63) is 86.8 Å². The van der Waals surface area contributed by atoms with Crippen LogP contribution in [0.1, 0.15) is 47.1 Å². The Morgan fingerprint density at radius 1 is 1.22 bits per heavy atom. The van der Waals surface area contributed by atoms with Crippen LogP contribution in [0.3, 0.4) is 0 Å². The topological polar surface area (TPSA) is 49.9 Å². The monoisotopic (exact) mass is 528 g/mol. The summed E-state index contributed by atoms with van der Waals surface area (Å²) in [5, 5.41) is 2.48. The Kier molecular flexibility index (Phi) is 8.64. The number of carbonyl (C=O) groups excluding carboxylic acids is 2. The van der Waals surface area contributed by atoms with E-state index in [1.165, 1.54) is 10.9 Å². The molecule has 0 bridgehead atoms. The van der Waals surface area contributed by atoms with Crippen molar-refractivity contribution in [1.82, 2.24) is 9.80 Å². The fraction of sp³-hybridized carbons (Fsp3) is 0.357. The third-order valence-electron chi connectivity index (χ3n) is 6.56. The summed E-state index contributed by atoms with van der Waals surface area (Å²) < 4.78 is 20.0. The van der Waals surface area contributed by atoms with E-state index in [4.69, 9.17) is 16.3 Å². The number of thiophene rings is 1. The number of ether oxygens (including phenoxy) is 1. The highest BCUT2D eigenvalue weighted by Gasteiger charge is 2.34. The van der Waals surface area contributed by atoms with E-state index in [-0.39, 0.29) is 42.7 Å². The maximum Gasteiger partial charge on any atom is 0.254 e. The van der Waals surface area contributed by atoms with Crippen molar-refractivity contribution in [1.29, 1.82) is 0 Å². The summed E-state index contributed by atoms with van der Waals surface area (Å²) in [5.74, 6) is -0.442. The third-order valence-corrected chi connectivity index (χ3v) is 7.79. The molecule has 0 radical (unpaired) electrons. The van der Waals surface area contributed by atoms with Crippen LogP contribution in [-0.4, -0.2) is 47.9 Å². The van der Waals surface area contributed by atoms with Gasteiger partial charge < -0.3 is 14.5 Å². The summed E-state index contributed by atoms with van der Waals surface area (Å²) in [7, 11) is 0. The van der Waals surface area contributed by atoms with E-state index in [0.717, 1.165) is 18.4 Å². The first-order valence-electron chi connectivity index (χ1n) is 12.1. The van der Waals surface area contributed by atoms with Crippen molar-refractivity contribution in [2.75, 3.05) is 26.2 Å². The van der Waals surface area contributed by atoms with Gasteiger partial charge in [-0.3, -0.25) is 9.59 Å². The SMILES string of the molecule is CC[C@H](C)CN(CC(=O)N1CCc2sccc2[C@H]1COc1ccccc1F)C(=O)c1cccc(Cl)c1. The molecule has 0 saturated carbocycles. The normalized spacial score (nSPS) is 15.8. The molecular weight excluding hydrogens is 499 g/mol. The quantitative estimate of drug-likeness (QED) is 0.330. The number of amides is 2. The number of carbonyl (C=O) groups is 2. The zero-order chi connectivity index (χ0) is 25.7. The molecule has 8 heteroatoms. The van der Waals surface area contributed by atoms with E-state index in [1.807, 2.05) is 11.4 Å². The number of halogens is 2. The van der Waals surface area contributed by atoms with Crippen LogP contribution < -0.4 is 4.74 Å². The molecule has 1 aliphatic heterocycles. The van der Waals surface area contributed by atoms with E-state index in [9.17, 15) is 14.0 Å². The second kappa shape index (κ2) is 11.9. The average Bonchev–Trinajstić information content (AvgIpc) is 3.36. The van der Waals surface area contributed by atoms with Crippen LogP contribution in [0.4, 0.5) is 4.39 Å². The van der Waals surface area contributed by atoms with Gasteiger partial charge in [0.1, 0.15) is 13.2 Å². The Morgan fingerprint density at radius 2 is 2.03 bits per heavy atom. The van der Waals surface area contributed by atoms with Crippen LogP contribution in [0.25, 0.3) is 0 Å². The van der Waals surface area contributed by atoms with Gasteiger partial charge in [0.25, 0.3) is 5.91 Å². The lowest BCUT2D eigenvalue weighted by molar-refractivity contribution is -0.135. The van der Waals surface area contributed by atoms with Gasteiger partial charge in [0.15, 0.2) is 11.6 Å². The molecule has 0 aliphatic carbocycles. The molecule has 1 aliphatic rings.